The van der Waals surface area contributed by atoms with Gasteiger partial charge in [0, 0.05) is 0 Å². The minimum Gasteiger partial charge on any atom is -0.344 e. The van der Waals surface area contributed by atoms with Crippen LogP contribution in [0, 0.1) is 0 Å². The molecule has 0 aliphatic heterocycles. The van der Waals surface area contributed by atoms with Gasteiger partial charge in [0.05, 0.1) is 0 Å². The molecule has 0 bridgehead atoms. The van der Waals surface area contributed by atoms with Crippen molar-refractivity contribution in [2.24, 2.45) is 0 Å². The summed E-state index contributed by atoms with van der Waals surface area (Å²) >= 11 is 7.21. The fourth-order valence-electron chi connectivity index (χ4n) is 0. The van der Waals surface area contributed by atoms with Gasteiger partial charge in [-0.1, -0.05) is 40.5 Å². The molecule has 0 atom stereocenters. The third-order valence-electron chi connectivity index (χ3n) is 0. The molecule has 9 N–H and O–H groups in total. The summed E-state index contributed by atoms with van der Waals surface area (Å²) in [5.74, 6) is 0. The molecule has 0 radical (unpaired) electrons. The quantitative estimate of drug-likeness (QED) is 0.325. The van der Waals surface area contributed by atoms with Crippen LogP contribution >= 0.6 is 13.4 Å². The van der Waals surface area contributed by atoms with E-state index in [1.165, 1.54) is 12.8 Å². The molecule has 0 heterocycles. The topological polar surface area (TPSA) is 156 Å². The van der Waals surface area contributed by atoms with Crippen molar-refractivity contribution >= 4 is 37.1 Å². The third kappa shape index (κ3) is 3690. The zero-order chi connectivity index (χ0) is 14.4. The predicted octanol–water partition coefficient (Wildman–Crippen LogP) is 1.37. The second kappa shape index (κ2) is 19.4. The van der Waals surface area contributed by atoms with Gasteiger partial charge in [-0.25, -0.2) is 0 Å². The molecule has 0 spiro atoms. The van der Waals surface area contributed by atoms with Crippen LogP contribution in [0.25, 0.3) is 0 Å². The van der Waals surface area contributed by atoms with Crippen molar-refractivity contribution in [2.45, 2.75) is 40.5 Å². The van der Waals surface area contributed by atoms with E-state index in [-0.39, 0.29) is 6.15 Å². The van der Waals surface area contributed by atoms with Crippen molar-refractivity contribution in [3.8, 4) is 0 Å². The maximum absolute atomic E-state index is 7.56. The molecule has 0 aromatic carbocycles. The first-order valence-electron chi connectivity index (χ1n) is 4.39. The molecule has 0 rings (SSSR count). The first-order chi connectivity index (χ1) is 6.83. The number of hydrogen-bond donors (Lipinski definition) is 7. The van der Waals surface area contributed by atoms with Crippen molar-refractivity contribution in [3.05, 3.63) is 0 Å². The van der Waals surface area contributed by atoms with Crippen molar-refractivity contribution < 1.29 is 29.4 Å². The Balaban J connectivity index is -0.0000000381. The van der Waals surface area contributed by atoms with Gasteiger partial charge in [0.15, 0.2) is 0 Å². The third-order valence-corrected chi connectivity index (χ3v) is 0. The van der Waals surface area contributed by atoms with Gasteiger partial charge < -0.3 is 35.5 Å². The lowest BCUT2D eigenvalue weighted by atomic mass is 10.6. The van der Waals surface area contributed by atoms with Crippen LogP contribution in [-0.2, 0) is 23.6 Å². The summed E-state index contributed by atoms with van der Waals surface area (Å²) in [5.41, 5.74) is 0. The molecule has 0 aromatic heterocycles. The van der Waals surface area contributed by atoms with Gasteiger partial charge in [-0.05, 0) is 23.6 Å². The molecule has 0 saturated heterocycles. The van der Waals surface area contributed by atoms with E-state index in [0.717, 1.165) is 0 Å². The van der Waals surface area contributed by atoms with Gasteiger partial charge in [0.1, 0.15) is 0 Å². The average molecular weight is 333 g/mol. The molecule has 112 valence electrons. The van der Waals surface area contributed by atoms with Gasteiger partial charge in [-0.2, -0.15) is 0 Å². The Labute approximate surface area is 113 Å². The number of rotatable bonds is 0. The van der Waals surface area contributed by atoms with E-state index < -0.39 is 13.4 Å². The first kappa shape index (κ1) is 30.8. The molecule has 17 heavy (non-hydrogen) atoms. The molecule has 0 fully saturated rings. The summed E-state index contributed by atoms with van der Waals surface area (Å²) in [5, 5.41) is 0. The van der Waals surface area contributed by atoms with Crippen LogP contribution in [0.4, 0.5) is 0 Å². The molecule has 0 aliphatic carbocycles. The summed E-state index contributed by atoms with van der Waals surface area (Å²) in [7, 11) is 0. The van der Waals surface area contributed by atoms with Crippen LogP contribution < -0.4 is 6.15 Å². The molecule has 7 nitrogen and oxygen atoms in total. The van der Waals surface area contributed by atoms with Gasteiger partial charge in [0.25, 0.3) is 0 Å². The van der Waals surface area contributed by atoms with Gasteiger partial charge in [0.2, 0.25) is 0 Å². The van der Waals surface area contributed by atoms with E-state index in [4.69, 9.17) is 29.4 Å². The van der Waals surface area contributed by atoms with Crippen LogP contribution in [0.3, 0.4) is 0 Å². The second-order valence-corrected chi connectivity index (χ2v) is 7.43. The van der Waals surface area contributed by atoms with Crippen LogP contribution in [0.15, 0.2) is 0 Å². The minimum absolute atomic E-state index is 0. The first-order valence-corrected chi connectivity index (χ1v) is 9.71. The Morgan fingerprint density at radius 3 is 0.647 bits per heavy atom. The summed E-state index contributed by atoms with van der Waals surface area (Å²) < 4.78 is 0. The SMILES string of the molecule is CCC.CCC.N.OP(O)(O)=S.OP(O)(O)=S. The maximum Gasteiger partial charge on any atom is 0.319 e. The van der Waals surface area contributed by atoms with Crippen molar-refractivity contribution in [2.75, 3.05) is 0 Å². The zero-order valence-corrected chi connectivity index (χ0v) is 13.9. The van der Waals surface area contributed by atoms with E-state index in [9.17, 15) is 0 Å². The lowest BCUT2D eigenvalue weighted by molar-refractivity contribution is 0.361. The Morgan fingerprint density at radius 2 is 0.647 bits per heavy atom. The predicted molar refractivity (Wildman–Crippen MR) is 78.8 cm³/mol. The van der Waals surface area contributed by atoms with Crippen molar-refractivity contribution in [1.29, 1.82) is 0 Å². The fraction of sp³-hybridized carbons (Fsp3) is 1.00. The Hall–Kier alpha value is 1.02. The average Bonchev–Trinajstić information content (AvgIpc) is 1.79. The van der Waals surface area contributed by atoms with Crippen LogP contribution in [-0.4, -0.2) is 29.4 Å². The zero-order valence-electron chi connectivity index (χ0n) is 10.5. The lowest BCUT2D eigenvalue weighted by Crippen LogP contribution is -1.65. The summed E-state index contributed by atoms with van der Waals surface area (Å²) in [4.78, 5) is 45.3. The van der Waals surface area contributed by atoms with E-state index in [1.54, 1.807) is 0 Å². The van der Waals surface area contributed by atoms with Crippen molar-refractivity contribution in [3.63, 3.8) is 0 Å². The Bertz CT molecular complexity index is 168. The normalized spacial score (nSPS) is 9.06. The maximum atomic E-state index is 7.56. The number of hydrogen-bond acceptors (Lipinski definition) is 3. The van der Waals surface area contributed by atoms with E-state index in [0.29, 0.717) is 0 Å². The highest BCUT2D eigenvalue weighted by Crippen LogP contribution is 2.26. The van der Waals surface area contributed by atoms with Gasteiger partial charge in [-0.3, -0.25) is 0 Å². The molecule has 0 saturated carbocycles. The van der Waals surface area contributed by atoms with Crippen molar-refractivity contribution in [1.82, 2.24) is 6.15 Å². The molecule has 11 heteroatoms. The fourth-order valence-corrected chi connectivity index (χ4v) is 0. The monoisotopic (exact) mass is 333 g/mol. The van der Waals surface area contributed by atoms with Crippen LogP contribution in [0.1, 0.15) is 40.5 Å². The highest BCUT2D eigenvalue weighted by atomic mass is 32.5. The molecule has 0 amide bonds. The largest absolute Gasteiger partial charge is 0.344 e. The van der Waals surface area contributed by atoms with Gasteiger partial charge in [-0.15, -0.1) is 0 Å². The summed E-state index contributed by atoms with van der Waals surface area (Å²) in [6, 6.07) is 0. The van der Waals surface area contributed by atoms with E-state index in [1.807, 2.05) is 0 Å². The molecule has 0 unspecified atom stereocenters. The molecular weight excluding hydrogens is 308 g/mol. The second-order valence-electron chi connectivity index (χ2n) is 2.44. The summed E-state index contributed by atoms with van der Waals surface area (Å²) in [6.07, 6.45) is 2.50. The minimum atomic E-state index is -3.81. The van der Waals surface area contributed by atoms with E-state index >= 15 is 0 Å². The van der Waals surface area contributed by atoms with E-state index in [2.05, 4.69) is 51.3 Å². The highest BCUT2D eigenvalue weighted by molar-refractivity contribution is 8.06. The molecular formula is C6H25NO6P2S2. The molecule has 0 aromatic rings. The van der Waals surface area contributed by atoms with Crippen LogP contribution in [0.2, 0.25) is 0 Å². The Kier molecular flexibility index (Phi) is 35.1. The van der Waals surface area contributed by atoms with Crippen LogP contribution in [0.5, 0.6) is 0 Å². The Morgan fingerprint density at radius 1 is 0.647 bits per heavy atom. The summed E-state index contributed by atoms with van der Waals surface area (Å²) in [6.45, 7) is 0.889. The lowest BCUT2D eigenvalue weighted by Gasteiger charge is -1.88. The highest BCUT2D eigenvalue weighted by Gasteiger charge is 1.92. The smallest absolute Gasteiger partial charge is 0.319 e. The molecule has 0 aliphatic rings. The van der Waals surface area contributed by atoms with Gasteiger partial charge >= 0.3 is 13.4 Å². The standard InChI is InChI=1S/2C3H8.H3N.2H3O3PS/c2*1-3-2;;2*1-4(2,3)5/h2*3H2,1-2H3;1H3;2*(H3,1,2,3,5).